The topological polar surface area (TPSA) is 115 Å². The Kier molecular flexibility index (Phi) is 7.97. The number of hydrogen-bond donors (Lipinski definition) is 2. The van der Waals surface area contributed by atoms with Gasteiger partial charge < -0.3 is 29.0 Å². The van der Waals surface area contributed by atoms with Crippen LogP contribution >= 0.6 is 11.8 Å². The van der Waals surface area contributed by atoms with Gasteiger partial charge in [-0.3, -0.25) is 14.8 Å². The van der Waals surface area contributed by atoms with E-state index in [0.717, 1.165) is 40.2 Å². The molecule has 1 saturated heterocycles. The van der Waals surface area contributed by atoms with Crippen LogP contribution in [0.4, 0.5) is 0 Å². The second-order valence-corrected chi connectivity index (χ2v) is 10.4. The molecule has 5 rings (SSSR count). The molecule has 1 aromatic carbocycles. The van der Waals surface area contributed by atoms with Crippen molar-refractivity contribution in [1.82, 2.24) is 9.97 Å². The van der Waals surface area contributed by atoms with Crippen LogP contribution in [0.25, 0.3) is 10.9 Å². The number of fused-ring (bicyclic) bond motifs is 1. The van der Waals surface area contributed by atoms with E-state index in [1.54, 1.807) is 13.3 Å². The van der Waals surface area contributed by atoms with Crippen LogP contribution in [0.1, 0.15) is 37.6 Å². The number of nitrogens with one attached hydrogen (secondary N) is 1. The molecule has 0 spiro atoms. The van der Waals surface area contributed by atoms with E-state index in [9.17, 15) is 9.90 Å². The summed E-state index contributed by atoms with van der Waals surface area (Å²) < 4.78 is 23.2. The van der Waals surface area contributed by atoms with Crippen LogP contribution in [0.5, 0.6) is 17.2 Å². The third-order valence-corrected chi connectivity index (χ3v) is 7.92. The molecule has 0 radical (unpaired) electrons. The number of aromatic amines is 1. The molecule has 9 nitrogen and oxygen atoms in total. The van der Waals surface area contributed by atoms with Crippen molar-refractivity contribution >= 4 is 33.7 Å². The largest absolute Gasteiger partial charge is 0.488 e. The zero-order valence-corrected chi connectivity index (χ0v) is 21.8. The van der Waals surface area contributed by atoms with E-state index in [2.05, 4.69) is 15.0 Å². The molecule has 1 fully saturated rings. The number of thioether (sulfide) groups is 1. The van der Waals surface area contributed by atoms with Gasteiger partial charge >= 0.3 is 5.97 Å². The number of aliphatic imine (C=N–C) groups is 1. The first-order valence-corrected chi connectivity index (χ1v) is 13.4. The fourth-order valence-corrected chi connectivity index (χ4v) is 5.91. The number of H-pyrrole nitrogens is 1. The molecule has 2 aromatic heterocycles. The van der Waals surface area contributed by atoms with E-state index in [0.29, 0.717) is 50.0 Å². The first kappa shape index (κ1) is 25.6. The van der Waals surface area contributed by atoms with E-state index in [1.165, 1.54) is 11.8 Å². The Morgan fingerprint density at radius 2 is 2.08 bits per heavy atom. The number of rotatable bonds is 10. The SMILES string of the molecule is CCC(C(=O)O)C1CN=C(c2cc3cc(Oc4ccc(COC)nc4)cc(OC4CCOCC4)c3[nH]2)S1. The normalized spacial score (nSPS) is 19.1. The molecule has 4 heterocycles. The van der Waals surface area contributed by atoms with Crippen LogP contribution in [0, 0.1) is 5.92 Å². The van der Waals surface area contributed by atoms with Crippen LogP contribution in [0.2, 0.25) is 0 Å². The molecule has 0 amide bonds. The third-order valence-electron chi connectivity index (χ3n) is 6.57. The maximum Gasteiger partial charge on any atom is 0.307 e. The monoisotopic (exact) mass is 525 g/mol. The number of ether oxygens (including phenoxy) is 4. The minimum Gasteiger partial charge on any atom is -0.488 e. The van der Waals surface area contributed by atoms with Gasteiger partial charge in [-0.15, -0.1) is 0 Å². The van der Waals surface area contributed by atoms with Crippen LogP contribution in [-0.2, 0) is 20.9 Å². The summed E-state index contributed by atoms with van der Waals surface area (Å²) in [4.78, 5) is 24.2. The number of carbonyl (C=O) groups is 1. The molecule has 0 bridgehead atoms. The predicted octanol–water partition coefficient (Wildman–Crippen LogP) is 5.03. The summed E-state index contributed by atoms with van der Waals surface area (Å²) in [5, 5.41) is 11.2. The number of carboxylic acid groups (broad SMARTS) is 1. The number of hydrogen-bond acceptors (Lipinski definition) is 8. The van der Waals surface area contributed by atoms with Crippen molar-refractivity contribution in [3.8, 4) is 17.2 Å². The van der Waals surface area contributed by atoms with Gasteiger partial charge in [0.1, 0.15) is 28.4 Å². The lowest BCUT2D eigenvalue weighted by molar-refractivity contribution is -0.141. The van der Waals surface area contributed by atoms with Gasteiger partial charge in [-0.2, -0.15) is 0 Å². The van der Waals surface area contributed by atoms with Gasteiger partial charge in [0, 0.05) is 36.7 Å². The average molecular weight is 526 g/mol. The smallest absolute Gasteiger partial charge is 0.307 e. The molecule has 3 aromatic rings. The standard InChI is InChI=1S/C27H31N3O6S/c1-3-21(27(31)32)24-14-29-26(37-24)22-11-16-10-20(35-19-5-4-17(15-33-2)28-13-19)12-23(25(16)30-22)36-18-6-8-34-9-7-18/h4-5,10-13,18,21,24,30H,3,6-9,14-15H2,1-2H3,(H,31,32). The summed E-state index contributed by atoms with van der Waals surface area (Å²) in [5.74, 6) is 0.757. The van der Waals surface area contributed by atoms with Crippen molar-refractivity contribution < 1.29 is 28.8 Å². The first-order valence-electron chi connectivity index (χ1n) is 12.5. The highest BCUT2D eigenvalue weighted by molar-refractivity contribution is 8.15. The number of aliphatic carboxylic acids is 1. The summed E-state index contributed by atoms with van der Waals surface area (Å²) >= 11 is 1.52. The van der Waals surface area contributed by atoms with Crippen molar-refractivity contribution in [3.63, 3.8) is 0 Å². The maximum atomic E-state index is 11.7. The van der Waals surface area contributed by atoms with Crippen LogP contribution in [0.3, 0.4) is 0 Å². The van der Waals surface area contributed by atoms with E-state index in [1.807, 2.05) is 37.3 Å². The Morgan fingerprint density at radius 1 is 1.24 bits per heavy atom. The summed E-state index contributed by atoms with van der Waals surface area (Å²) in [6, 6.07) is 9.61. The van der Waals surface area contributed by atoms with Crippen molar-refractivity contribution in [2.45, 2.75) is 44.1 Å². The molecule has 2 atom stereocenters. The van der Waals surface area contributed by atoms with Gasteiger partial charge in [0.15, 0.2) is 0 Å². The second-order valence-electron chi connectivity index (χ2n) is 9.17. The van der Waals surface area contributed by atoms with Crippen LogP contribution in [0.15, 0.2) is 41.5 Å². The maximum absolute atomic E-state index is 11.7. The van der Waals surface area contributed by atoms with Gasteiger partial charge in [-0.1, -0.05) is 18.7 Å². The van der Waals surface area contributed by atoms with E-state index in [4.69, 9.17) is 18.9 Å². The van der Waals surface area contributed by atoms with Gasteiger partial charge in [-0.25, -0.2) is 0 Å². The lowest BCUT2D eigenvalue weighted by Gasteiger charge is -2.24. The Labute approximate surface area is 219 Å². The predicted molar refractivity (Wildman–Crippen MR) is 142 cm³/mol. The molecule has 196 valence electrons. The van der Waals surface area contributed by atoms with Crippen molar-refractivity contribution in [3.05, 3.63) is 47.9 Å². The zero-order chi connectivity index (χ0) is 25.8. The second kappa shape index (κ2) is 11.5. The van der Waals surface area contributed by atoms with Crippen molar-refractivity contribution in [2.75, 3.05) is 26.9 Å². The summed E-state index contributed by atoms with van der Waals surface area (Å²) in [6.07, 6.45) is 3.95. The molecule has 2 aliphatic heterocycles. The average Bonchev–Trinajstić information content (AvgIpc) is 3.54. The quantitative estimate of drug-likeness (QED) is 0.379. The molecule has 0 saturated carbocycles. The van der Waals surface area contributed by atoms with Crippen molar-refractivity contribution in [2.24, 2.45) is 10.9 Å². The molecular weight excluding hydrogens is 494 g/mol. The molecule has 2 aliphatic rings. The summed E-state index contributed by atoms with van der Waals surface area (Å²) in [7, 11) is 1.64. The third kappa shape index (κ3) is 5.92. The minimum atomic E-state index is -0.772. The Balaban J connectivity index is 1.43. The molecular formula is C27H31N3O6S. The number of carboxylic acids is 1. The minimum absolute atomic E-state index is 0.0531. The molecule has 2 unspecified atom stereocenters. The number of benzene rings is 1. The molecule has 37 heavy (non-hydrogen) atoms. The Morgan fingerprint density at radius 3 is 2.78 bits per heavy atom. The summed E-state index contributed by atoms with van der Waals surface area (Å²) in [5.41, 5.74) is 2.53. The van der Waals surface area contributed by atoms with Gasteiger partial charge in [-0.05, 0) is 30.7 Å². The number of nitrogens with zero attached hydrogens (tertiary/aromatic N) is 2. The fraction of sp³-hybridized carbons (Fsp3) is 0.444. The number of methoxy groups -OCH3 is 1. The molecule has 0 aliphatic carbocycles. The Bertz CT molecular complexity index is 1270. The molecule has 10 heteroatoms. The number of pyridine rings is 1. The number of aromatic nitrogens is 2. The first-order chi connectivity index (χ1) is 18.0. The van der Waals surface area contributed by atoms with Crippen LogP contribution in [-0.4, -0.2) is 64.3 Å². The van der Waals surface area contributed by atoms with Gasteiger partial charge in [0.25, 0.3) is 0 Å². The lowest BCUT2D eigenvalue weighted by Crippen LogP contribution is -2.26. The van der Waals surface area contributed by atoms with E-state index >= 15 is 0 Å². The highest BCUT2D eigenvalue weighted by Gasteiger charge is 2.33. The van der Waals surface area contributed by atoms with Crippen molar-refractivity contribution in [1.29, 1.82) is 0 Å². The van der Waals surface area contributed by atoms with E-state index in [-0.39, 0.29) is 11.4 Å². The fourth-order valence-electron chi connectivity index (χ4n) is 4.61. The van der Waals surface area contributed by atoms with E-state index < -0.39 is 11.9 Å². The lowest BCUT2D eigenvalue weighted by atomic mass is 10.0. The van der Waals surface area contributed by atoms with Crippen LogP contribution < -0.4 is 9.47 Å². The zero-order valence-electron chi connectivity index (χ0n) is 20.9. The van der Waals surface area contributed by atoms with Gasteiger partial charge in [0.05, 0.1) is 55.4 Å². The summed E-state index contributed by atoms with van der Waals surface area (Å²) in [6.45, 7) is 4.19. The highest BCUT2D eigenvalue weighted by Crippen LogP contribution is 2.38. The highest BCUT2D eigenvalue weighted by atomic mass is 32.2. The Hall–Kier alpha value is -3.08. The van der Waals surface area contributed by atoms with Gasteiger partial charge in [0.2, 0.25) is 0 Å². The molecule has 2 N–H and O–H groups in total.